The van der Waals surface area contributed by atoms with Crippen molar-refractivity contribution in [3.05, 3.63) is 40.4 Å². The molecule has 0 spiro atoms. The normalized spacial score (nSPS) is 30.4. The zero-order valence-corrected chi connectivity index (χ0v) is 14.7. The molecule has 23 heavy (non-hydrogen) atoms. The van der Waals surface area contributed by atoms with Crippen LogP contribution in [0.15, 0.2) is 24.3 Å². The average Bonchev–Trinajstić information content (AvgIpc) is 2.49. The van der Waals surface area contributed by atoms with Crippen molar-refractivity contribution < 1.29 is 14.6 Å². The van der Waals surface area contributed by atoms with Gasteiger partial charge in [-0.2, -0.15) is 0 Å². The van der Waals surface area contributed by atoms with E-state index in [0.717, 1.165) is 11.1 Å². The smallest absolute Gasteiger partial charge is 0.308 e. The quantitative estimate of drug-likeness (QED) is 0.620. The van der Waals surface area contributed by atoms with Gasteiger partial charge in [-0.15, -0.1) is 11.6 Å². The molecule has 1 fully saturated rings. The average molecular weight is 376 g/mol. The van der Waals surface area contributed by atoms with E-state index in [0.29, 0.717) is 35.7 Å². The predicted molar refractivity (Wildman–Crippen MR) is 91.8 cm³/mol. The summed E-state index contributed by atoms with van der Waals surface area (Å²) in [6.07, 6.45) is 3.33. The van der Waals surface area contributed by atoms with Gasteiger partial charge in [0.1, 0.15) is 6.10 Å². The SMILES string of the molecule is O=C1C[C@@H](O)C[C@H](CCC2(Cl)CC=C(Cl)c3cc(Cl)ccc32)O1. The van der Waals surface area contributed by atoms with Crippen molar-refractivity contribution in [1.82, 2.24) is 0 Å². The lowest BCUT2D eigenvalue weighted by Gasteiger charge is -2.34. The van der Waals surface area contributed by atoms with Crippen LogP contribution in [-0.4, -0.2) is 23.3 Å². The molecule has 0 aromatic heterocycles. The first-order chi connectivity index (χ1) is 10.9. The molecule has 1 heterocycles. The number of esters is 1. The zero-order chi connectivity index (χ0) is 16.6. The first-order valence-corrected chi connectivity index (χ1v) is 8.73. The summed E-state index contributed by atoms with van der Waals surface area (Å²) in [5.41, 5.74) is 1.79. The minimum atomic E-state index is -0.626. The molecule has 6 heteroatoms. The van der Waals surface area contributed by atoms with Crippen LogP contribution in [0.4, 0.5) is 0 Å². The summed E-state index contributed by atoms with van der Waals surface area (Å²) >= 11 is 19.2. The van der Waals surface area contributed by atoms with Crippen LogP contribution in [0, 0.1) is 0 Å². The fourth-order valence-electron chi connectivity index (χ4n) is 3.24. The second-order valence-corrected chi connectivity index (χ2v) is 7.72. The minimum absolute atomic E-state index is 0.0716. The lowest BCUT2D eigenvalue weighted by Crippen LogP contribution is -2.34. The third-order valence-corrected chi connectivity index (χ3v) is 5.56. The van der Waals surface area contributed by atoms with Gasteiger partial charge in [0.15, 0.2) is 0 Å². The van der Waals surface area contributed by atoms with Crippen molar-refractivity contribution in [3.63, 3.8) is 0 Å². The topological polar surface area (TPSA) is 46.5 Å². The van der Waals surface area contributed by atoms with Crippen LogP contribution in [0.3, 0.4) is 0 Å². The van der Waals surface area contributed by atoms with Crippen LogP contribution < -0.4 is 0 Å². The number of aliphatic hydroxyl groups is 1. The number of benzene rings is 1. The number of alkyl halides is 1. The number of carbonyl (C=O) groups excluding carboxylic acids is 1. The number of hydrogen-bond donors (Lipinski definition) is 1. The molecular formula is C17H17Cl3O3. The Morgan fingerprint density at radius 2 is 2.13 bits per heavy atom. The number of ether oxygens (including phenoxy) is 1. The van der Waals surface area contributed by atoms with Gasteiger partial charge in [0, 0.05) is 16.5 Å². The molecule has 3 nitrogen and oxygen atoms in total. The molecule has 0 amide bonds. The Labute approximate surface area is 150 Å². The Bertz CT molecular complexity index is 658. The summed E-state index contributed by atoms with van der Waals surface area (Å²) in [5.74, 6) is -0.351. The van der Waals surface area contributed by atoms with E-state index >= 15 is 0 Å². The maximum atomic E-state index is 11.4. The monoisotopic (exact) mass is 374 g/mol. The van der Waals surface area contributed by atoms with Crippen molar-refractivity contribution in [2.45, 2.75) is 49.2 Å². The second kappa shape index (κ2) is 6.64. The summed E-state index contributed by atoms with van der Waals surface area (Å²) in [6, 6.07) is 5.52. The lowest BCUT2D eigenvalue weighted by atomic mass is 9.82. The highest BCUT2D eigenvalue weighted by atomic mass is 35.5. The number of fused-ring (bicyclic) bond motifs is 1. The molecule has 124 valence electrons. The number of hydrogen-bond acceptors (Lipinski definition) is 3. The summed E-state index contributed by atoms with van der Waals surface area (Å²) in [5, 5.41) is 11.0. The van der Waals surface area contributed by atoms with E-state index in [2.05, 4.69) is 0 Å². The number of carbonyl (C=O) groups is 1. The Balaban J connectivity index is 1.77. The molecule has 1 aromatic carbocycles. The van der Waals surface area contributed by atoms with Crippen molar-refractivity contribution in [2.24, 2.45) is 0 Å². The van der Waals surface area contributed by atoms with Crippen molar-refractivity contribution in [2.75, 3.05) is 0 Å². The fourth-order valence-corrected chi connectivity index (χ4v) is 4.00. The summed E-state index contributed by atoms with van der Waals surface area (Å²) < 4.78 is 5.30. The molecule has 0 bridgehead atoms. The lowest BCUT2D eigenvalue weighted by molar-refractivity contribution is -0.160. The molecule has 2 aliphatic rings. The molecular weight excluding hydrogens is 359 g/mol. The van der Waals surface area contributed by atoms with Crippen LogP contribution in [0.2, 0.25) is 5.02 Å². The van der Waals surface area contributed by atoms with Crippen molar-refractivity contribution in [1.29, 1.82) is 0 Å². The summed E-state index contributed by atoms with van der Waals surface area (Å²) in [6.45, 7) is 0. The fraction of sp³-hybridized carbons (Fsp3) is 0.471. The number of rotatable bonds is 3. The van der Waals surface area contributed by atoms with Crippen molar-refractivity contribution >= 4 is 45.8 Å². The Hall–Kier alpha value is -0.740. The van der Waals surface area contributed by atoms with Crippen LogP contribution in [0.25, 0.3) is 5.03 Å². The number of allylic oxidation sites excluding steroid dienone is 1. The minimum Gasteiger partial charge on any atom is -0.462 e. The van der Waals surface area contributed by atoms with E-state index in [-0.39, 0.29) is 18.5 Å². The largest absolute Gasteiger partial charge is 0.462 e. The van der Waals surface area contributed by atoms with Gasteiger partial charge in [0.25, 0.3) is 0 Å². The van der Waals surface area contributed by atoms with Crippen LogP contribution >= 0.6 is 34.8 Å². The van der Waals surface area contributed by atoms with Gasteiger partial charge in [0.2, 0.25) is 0 Å². The van der Waals surface area contributed by atoms with Gasteiger partial charge in [0.05, 0.1) is 17.4 Å². The highest BCUT2D eigenvalue weighted by Crippen LogP contribution is 2.47. The van der Waals surface area contributed by atoms with Gasteiger partial charge in [-0.3, -0.25) is 4.79 Å². The Morgan fingerprint density at radius 3 is 2.87 bits per heavy atom. The van der Waals surface area contributed by atoms with Crippen LogP contribution in [-0.2, 0) is 14.4 Å². The molecule has 3 atom stereocenters. The molecule has 1 aliphatic heterocycles. The van der Waals surface area contributed by atoms with E-state index in [9.17, 15) is 9.90 Å². The highest BCUT2D eigenvalue weighted by molar-refractivity contribution is 6.49. The molecule has 1 saturated heterocycles. The second-order valence-electron chi connectivity index (χ2n) is 6.16. The van der Waals surface area contributed by atoms with E-state index in [1.54, 1.807) is 6.07 Å². The summed E-state index contributed by atoms with van der Waals surface area (Å²) in [7, 11) is 0. The first kappa shape index (κ1) is 17.1. The van der Waals surface area contributed by atoms with E-state index in [1.165, 1.54) is 0 Å². The molecule has 3 rings (SSSR count). The number of cyclic esters (lactones) is 1. The maximum Gasteiger partial charge on any atom is 0.308 e. The van der Waals surface area contributed by atoms with Gasteiger partial charge >= 0.3 is 5.97 Å². The molecule has 0 saturated carbocycles. The molecule has 1 N–H and O–H groups in total. The molecule has 1 aromatic rings. The maximum absolute atomic E-state index is 11.4. The first-order valence-electron chi connectivity index (χ1n) is 7.60. The zero-order valence-electron chi connectivity index (χ0n) is 12.4. The van der Waals surface area contributed by atoms with Crippen molar-refractivity contribution in [3.8, 4) is 0 Å². The molecule has 1 aliphatic carbocycles. The van der Waals surface area contributed by atoms with Gasteiger partial charge in [-0.05, 0) is 42.5 Å². The third-order valence-electron chi connectivity index (χ3n) is 4.42. The highest BCUT2D eigenvalue weighted by Gasteiger charge is 2.36. The van der Waals surface area contributed by atoms with E-state index < -0.39 is 11.0 Å². The van der Waals surface area contributed by atoms with Gasteiger partial charge < -0.3 is 9.84 Å². The van der Waals surface area contributed by atoms with Gasteiger partial charge in [-0.1, -0.05) is 35.3 Å². The molecule has 1 unspecified atom stereocenters. The predicted octanol–water partition coefficient (Wildman–Crippen LogP) is 4.60. The Kier molecular flexibility index (Phi) is 4.93. The van der Waals surface area contributed by atoms with Crippen LogP contribution in [0.1, 0.15) is 43.2 Å². The van der Waals surface area contributed by atoms with Gasteiger partial charge in [-0.25, -0.2) is 0 Å². The van der Waals surface area contributed by atoms with E-state index in [4.69, 9.17) is 39.5 Å². The van der Waals surface area contributed by atoms with E-state index in [1.807, 2.05) is 18.2 Å². The van der Waals surface area contributed by atoms with Crippen LogP contribution in [0.5, 0.6) is 0 Å². The number of aliphatic hydroxyl groups excluding tert-OH is 1. The number of halogens is 3. The standard InChI is InChI=1S/C17H17Cl3O3/c18-10-1-2-14-13(7-10)15(19)4-6-17(14,20)5-3-12-8-11(21)9-16(22)23-12/h1-2,4,7,11-12,21H,3,5-6,8-9H2/t11-,12-,17?/m0/s1. The summed E-state index contributed by atoms with van der Waals surface area (Å²) in [4.78, 5) is 10.8. The molecule has 0 radical (unpaired) electrons. The third kappa shape index (κ3) is 3.69. The Morgan fingerprint density at radius 1 is 1.35 bits per heavy atom.